The van der Waals surface area contributed by atoms with Gasteiger partial charge in [-0.25, -0.2) is 4.79 Å². The molecule has 4 rings (SSSR count). The van der Waals surface area contributed by atoms with Gasteiger partial charge in [0.15, 0.2) is 5.58 Å². The Morgan fingerprint density at radius 3 is 2.75 bits per heavy atom. The molecule has 9 nitrogen and oxygen atoms in total. The summed E-state index contributed by atoms with van der Waals surface area (Å²) in [7, 11) is 3.85. The predicted molar refractivity (Wildman–Crippen MR) is 121 cm³/mol. The fraction of sp³-hybridized carbons (Fsp3) is 0.348. The lowest BCUT2D eigenvalue weighted by molar-refractivity contribution is -0.122. The summed E-state index contributed by atoms with van der Waals surface area (Å²) in [6.07, 6.45) is 0.136. The normalized spacial score (nSPS) is 13.2. The Hall–Kier alpha value is -3.59. The lowest BCUT2D eigenvalue weighted by Crippen LogP contribution is -2.38. The van der Waals surface area contributed by atoms with Crippen molar-refractivity contribution >= 4 is 34.3 Å². The van der Waals surface area contributed by atoms with Gasteiger partial charge in [-0.1, -0.05) is 12.1 Å². The third-order valence-corrected chi connectivity index (χ3v) is 5.32. The molecule has 0 fully saturated rings. The number of anilines is 2. The summed E-state index contributed by atoms with van der Waals surface area (Å²) < 4.78 is 12.4. The molecule has 2 aromatic carbocycles. The van der Waals surface area contributed by atoms with E-state index >= 15 is 0 Å². The summed E-state index contributed by atoms with van der Waals surface area (Å²) in [6.45, 7) is 2.04. The molecule has 1 N–H and O–H groups in total. The lowest BCUT2D eigenvalue weighted by Gasteiger charge is -2.29. The van der Waals surface area contributed by atoms with E-state index in [1.807, 2.05) is 43.3 Å². The van der Waals surface area contributed by atoms with Crippen LogP contribution in [0.3, 0.4) is 0 Å². The van der Waals surface area contributed by atoms with Crippen molar-refractivity contribution in [1.82, 2.24) is 9.47 Å². The highest BCUT2D eigenvalue weighted by Crippen LogP contribution is 2.31. The zero-order chi connectivity index (χ0) is 22.7. The summed E-state index contributed by atoms with van der Waals surface area (Å²) in [4.78, 5) is 41.0. The Morgan fingerprint density at radius 2 is 1.94 bits per heavy atom. The summed E-state index contributed by atoms with van der Waals surface area (Å²) in [5.74, 6) is -0.157. The zero-order valence-electron chi connectivity index (χ0n) is 18.2. The summed E-state index contributed by atoms with van der Waals surface area (Å²) in [6, 6.07) is 12.4. The number of hydrogen-bond donors (Lipinski definition) is 1. The first-order chi connectivity index (χ1) is 15.4. The maximum absolute atomic E-state index is 12.7. The first-order valence-corrected chi connectivity index (χ1v) is 10.5. The van der Waals surface area contributed by atoms with Crippen LogP contribution in [-0.2, 0) is 16.1 Å². The fourth-order valence-corrected chi connectivity index (χ4v) is 3.66. The number of rotatable bonds is 7. The van der Waals surface area contributed by atoms with Crippen molar-refractivity contribution in [3.8, 4) is 5.75 Å². The molecule has 2 heterocycles. The van der Waals surface area contributed by atoms with Gasteiger partial charge in [0.25, 0.3) is 0 Å². The summed E-state index contributed by atoms with van der Waals surface area (Å²) in [5.41, 5.74) is 2.36. The van der Waals surface area contributed by atoms with Crippen LogP contribution in [0.5, 0.6) is 5.75 Å². The van der Waals surface area contributed by atoms with Gasteiger partial charge < -0.3 is 24.3 Å². The highest BCUT2D eigenvalue weighted by molar-refractivity contribution is 5.99. The molecule has 32 heavy (non-hydrogen) atoms. The number of benzene rings is 2. The van der Waals surface area contributed by atoms with Crippen molar-refractivity contribution in [2.75, 3.05) is 44.0 Å². The van der Waals surface area contributed by atoms with Crippen LogP contribution < -0.4 is 20.7 Å². The number of oxazole rings is 1. The molecule has 0 saturated heterocycles. The SMILES string of the molecule is CN(C)CCn1c(=O)oc2ccc(NC(=O)CCC(=O)N3CCOc4ccccc43)cc21. The molecule has 1 aliphatic heterocycles. The highest BCUT2D eigenvalue weighted by Gasteiger charge is 2.23. The minimum atomic E-state index is -0.429. The molecule has 9 heteroatoms. The van der Waals surface area contributed by atoms with Crippen LogP contribution in [0.25, 0.3) is 11.1 Å². The Labute approximate surface area is 185 Å². The van der Waals surface area contributed by atoms with Crippen molar-refractivity contribution < 1.29 is 18.7 Å². The quantitative estimate of drug-likeness (QED) is 0.608. The Morgan fingerprint density at radius 1 is 1.12 bits per heavy atom. The van der Waals surface area contributed by atoms with Crippen molar-refractivity contribution in [3.05, 3.63) is 53.0 Å². The van der Waals surface area contributed by atoms with Gasteiger partial charge >= 0.3 is 5.76 Å². The van der Waals surface area contributed by atoms with E-state index in [0.29, 0.717) is 48.8 Å². The number of nitrogens with zero attached hydrogens (tertiary/aromatic N) is 3. The van der Waals surface area contributed by atoms with E-state index in [1.54, 1.807) is 27.7 Å². The second-order valence-electron chi connectivity index (χ2n) is 7.92. The Balaban J connectivity index is 1.39. The molecular weight excluding hydrogens is 412 g/mol. The van der Waals surface area contributed by atoms with Gasteiger partial charge in [-0.2, -0.15) is 0 Å². The second kappa shape index (κ2) is 9.27. The fourth-order valence-electron chi connectivity index (χ4n) is 3.66. The van der Waals surface area contributed by atoms with Crippen molar-refractivity contribution in [2.24, 2.45) is 0 Å². The van der Waals surface area contributed by atoms with Gasteiger partial charge in [-0.15, -0.1) is 0 Å². The van der Waals surface area contributed by atoms with Crippen LogP contribution in [0.1, 0.15) is 12.8 Å². The molecule has 0 atom stereocenters. The number of ether oxygens (including phenoxy) is 1. The number of nitrogens with one attached hydrogen (secondary N) is 1. The molecule has 0 aliphatic carbocycles. The maximum Gasteiger partial charge on any atom is 0.419 e. The molecule has 0 saturated carbocycles. The molecule has 0 unspecified atom stereocenters. The van der Waals surface area contributed by atoms with Crippen LogP contribution in [0, 0.1) is 0 Å². The topological polar surface area (TPSA) is 97.0 Å². The summed E-state index contributed by atoms with van der Waals surface area (Å²) >= 11 is 0. The van der Waals surface area contributed by atoms with Gasteiger partial charge in [-0.05, 0) is 44.4 Å². The number of para-hydroxylation sites is 2. The molecular formula is C23H26N4O5. The molecule has 3 aromatic rings. The monoisotopic (exact) mass is 438 g/mol. The molecule has 1 aromatic heterocycles. The van der Waals surface area contributed by atoms with Crippen LogP contribution >= 0.6 is 0 Å². The van der Waals surface area contributed by atoms with E-state index in [1.165, 1.54) is 0 Å². The molecule has 0 bridgehead atoms. The number of fused-ring (bicyclic) bond motifs is 2. The number of amides is 2. The number of likely N-dealkylation sites (N-methyl/N-ethyl adjacent to an activating group) is 1. The minimum Gasteiger partial charge on any atom is -0.490 e. The largest absolute Gasteiger partial charge is 0.490 e. The van der Waals surface area contributed by atoms with Gasteiger partial charge in [0.2, 0.25) is 11.8 Å². The Kier molecular flexibility index (Phi) is 6.27. The van der Waals surface area contributed by atoms with E-state index in [0.717, 1.165) is 5.69 Å². The van der Waals surface area contributed by atoms with Gasteiger partial charge in [0.05, 0.1) is 17.7 Å². The smallest absolute Gasteiger partial charge is 0.419 e. The van der Waals surface area contributed by atoms with E-state index < -0.39 is 5.76 Å². The van der Waals surface area contributed by atoms with E-state index in [4.69, 9.17) is 9.15 Å². The van der Waals surface area contributed by atoms with E-state index in [-0.39, 0.29) is 24.7 Å². The van der Waals surface area contributed by atoms with Crippen LogP contribution in [-0.4, -0.2) is 55.1 Å². The van der Waals surface area contributed by atoms with Crippen LogP contribution in [0.4, 0.5) is 11.4 Å². The first kappa shape index (κ1) is 21.6. The Bertz CT molecular complexity index is 1200. The second-order valence-corrected chi connectivity index (χ2v) is 7.92. The third-order valence-electron chi connectivity index (χ3n) is 5.32. The van der Waals surface area contributed by atoms with Crippen molar-refractivity contribution in [2.45, 2.75) is 19.4 Å². The van der Waals surface area contributed by atoms with Crippen LogP contribution in [0.2, 0.25) is 0 Å². The average molecular weight is 438 g/mol. The summed E-state index contributed by atoms with van der Waals surface area (Å²) in [5, 5.41) is 2.81. The highest BCUT2D eigenvalue weighted by atomic mass is 16.5. The molecule has 1 aliphatic rings. The maximum atomic E-state index is 12.7. The predicted octanol–water partition coefficient (Wildman–Crippen LogP) is 2.30. The number of carbonyl (C=O) groups excluding carboxylic acids is 2. The average Bonchev–Trinajstić information content (AvgIpc) is 3.09. The zero-order valence-corrected chi connectivity index (χ0v) is 18.2. The molecule has 168 valence electrons. The van der Waals surface area contributed by atoms with Gasteiger partial charge in [-0.3, -0.25) is 14.2 Å². The molecule has 2 amide bonds. The number of hydrogen-bond acceptors (Lipinski definition) is 6. The van der Waals surface area contributed by atoms with Crippen molar-refractivity contribution in [1.29, 1.82) is 0 Å². The molecule has 0 spiro atoms. The standard InChI is InChI=1S/C23H26N4O5/c1-25(2)11-12-27-18-15-16(7-8-20(18)32-23(27)30)24-21(28)9-10-22(29)26-13-14-31-19-6-4-3-5-17(19)26/h3-8,15H,9-14H2,1-2H3,(H,24,28). The minimum absolute atomic E-state index is 0.0508. The lowest BCUT2D eigenvalue weighted by atomic mass is 10.2. The third kappa shape index (κ3) is 4.67. The number of aromatic nitrogens is 1. The van der Waals surface area contributed by atoms with Crippen LogP contribution in [0.15, 0.2) is 51.7 Å². The van der Waals surface area contributed by atoms with Crippen molar-refractivity contribution in [3.63, 3.8) is 0 Å². The van der Waals surface area contributed by atoms with E-state index in [9.17, 15) is 14.4 Å². The number of carbonyl (C=O) groups is 2. The molecule has 0 radical (unpaired) electrons. The van der Waals surface area contributed by atoms with Gasteiger partial charge in [0.1, 0.15) is 12.4 Å². The van der Waals surface area contributed by atoms with Gasteiger partial charge in [0, 0.05) is 31.6 Å². The van der Waals surface area contributed by atoms with E-state index in [2.05, 4.69) is 5.32 Å². The first-order valence-electron chi connectivity index (χ1n) is 10.5.